The smallest absolute Gasteiger partial charge is 0.191 e. The summed E-state index contributed by atoms with van der Waals surface area (Å²) in [6.07, 6.45) is 4.14. The summed E-state index contributed by atoms with van der Waals surface area (Å²) < 4.78 is 43.5. The second-order valence-corrected chi connectivity index (χ2v) is 7.73. The first-order valence-electron chi connectivity index (χ1n) is 10.4. The number of halogens is 4. The molecule has 2 N–H and O–H groups in total. The molecule has 1 aliphatic rings. The second kappa shape index (κ2) is 10.9. The minimum absolute atomic E-state index is 0. The maximum Gasteiger partial charge on any atom is 0.191 e. The first kappa shape index (κ1) is 24.9. The summed E-state index contributed by atoms with van der Waals surface area (Å²) in [5.41, 5.74) is 1.61. The molecule has 33 heavy (non-hydrogen) atoms. The van der Waals surface area contributed by atoms with Crippen LogP contribution in [0.1, 0.15) is 17.8 Å². The number of nitrogens with zero attached hydrogens (tertiary/aromatic N) is 4. The summed E-state index contributed by atoms with van der Waals surface area (Å²) in [6.45, 7) is 3.43. The lowest BCUT2D eigenvalue weighted by molar-refractivity contribution is 0.580. The average molecular weight is 570 g/mol. The van der Waals surface area contributed by atoms with Gasteiger partial charge in [-0.15, -0.1) is 24.0 Å². The molecule has 4 rings (SSSR count). The lowest BCUT2D eigenvalue weighted by atomic mass is 10.2. The van der Waals surface area contributed by atoms with Gasteiger partial charge in [-0.05, 0) is 43.2 Å². The number of hydrogen-bond donors (Lipinski definition) is 2. The van der Waals surface area contributed by atoms with E-state index in [0.29, 0.717) is 42.8 Å². The highest BCUT2D eigenvalue weighted by molar-refractivity contribution is 14.0. The van der Waals surface area contributed by atoms with Gasteiger partial charge in [-0.1, -0.05) is 6.07 Å². The molecule has 1 unspecified atom stereocenters. The van der Waals surface area contributed by atoms with Crippen molar-refractivity contribution in [2.75, 3.05) is 25.0 Å². The van der Waals surface area contributed by atoms with Crippen molar-refractivity contribution >= 4 is 35.6 Å². The normalized spacial score (nSPS) is 16.0. The highest BCUT2D eigenvalue weighted by Gasteiger charge is 2.25. The van der Waals surface area contributed by atoms with Crippen LogP contribution in [0.4, 0.5) is 18.9 Å². The fourth-order valence-electron chi connectivity index (χ4n) is 3.90. The molecular formula is C23H26F3IN6. The fraction of sp³-hybridized carbons (Fsp3) is 0.304. The van der Waals surface area contributed by atoms with E-state index in [1.807, 2.05) is 17.9 Å². The van der Waals surface area contributed by atoms with Crippen LogP contribution in [0.25, 0.3) is 5.69 Å². The highest BCUT2D eigenvalue weighted by atomic mass is 127. The van der Waals surface area contributed by atoms with Crippen LogP contribution in [0.5, 0.6) is 0 Å². The Balaban J connectivity index is 0.00000306. The standard InChI is InChI=1S/C23H25F3N6.HI/c1-15-28-8-10-32(15)22-5-3-16(11-19(22)25)13-29-23(27-2)30-18-7-9-31(14-18)21-6-4-17(24)12-20(21)26;/h3-6,8,10-12,18H,7,9,13-14H2,1-2H3,(H2,27,29,30);1H. The fourth-order valence-corrected chi connectivity index (χ4v) is 3.90. The Morgan fingerprint density at radius 3 is 2.55 bits per heavy atom. The van der Waals surface area contributed by atoms with Gasteiger partial charge in [0, 0.05) is 51.2 Å². The Kier molecular flexibility index (Phi) is 8.22. The van der Waals surface area contributed by atoms with Gasteiger partial charge in [0.05, 0.1) is 11.4 Å². The zero-order valence-corrected chi connectivity index (χ0v) is 20.7. The molecule has 1 aliphatic heterocycles. The monoisotopic (exact) mass is 570 g/mol. The topological polar surface area (TPSA) is 57.5 Å². The minimum atomic E-state index is -0.589. The van der Waals surface area contributed by atoms with E-state index in [1.165, 1.54) is 18.2 Å². The maximum atomic E-state index is 14.6. The molecular weight excluding hydrogens is 544 g/mol. The Labute approximate surface area is 207 Å². The van der Waals surface area contributed by atoms with Crippen LogP contribution < -0.4 is 15.5 Å². The predicted octanol–water partition coefficient (Wildman–Crippen LogP) is 4.16. The second-order valence-electron chi connectivity index (χ2n) is 7.73. The lowest BCUT2D eigenvalue weighted by Crippen LogP contribution is -2.44. The maximum absolute atomic E-state index is 14.6. The van der Waals surface area contributed by atoms with Gasteiger partial charge in [0.15, 0.2) is 5.96 Å². The average Bonchev–Trinajstić information content (AvgIpc) is 3.40. The van der Waals surface area contributed by atoms with Crippen molar-refractivity contribution in [2.45, 2.75) is 25.9 Å². The number of aryl methyl sites for hydroxylation is 1. The molecule has 10 heteroatoms. The molecule has 0 aliphatic carbocycles. The molecule has 2 aromatic carbocycles. The van der Waals surface area contributed by atoms with E-state index in [-0.39, 0.29) is 35.8 Å². The van der Waals surface area contributed by atoms with Crippen LogP contribution in [-0.2, 0) is 6.54 Å². The third-order valence-corrected chi connectivity index (χ3v) is 5.56. The van der Waals surface area contributed by atoms with Crippen LogP contribution >= 0.6 is 24.0 Å². The van der Waals surface area contributed by atoms with Crippen molar-refractivity contribution in [3.8, 4) is 5.69 Å². The number of rotatable bonds is 5. The van der Waals surface area contributed by atoms with E-state index in [0.717, 1.165) is 18.1 Å². The van der Waals surface area contributed by atoms with Crippen molar-refractivity contribution in [2.24, 2.45) is 4.99 Å². The Bertz CT molecular complexity index is 1130. The molecule has 6 nitrogen and oxygen atoms in total. The van der Waals surface area contributed by atoms with Gasteiger partial charge in [0.25, 0.3) is 0 Å². The summed E-state index contributed by atoms with van der Waals surface area (Å²) in [6, 6.07) is 8.74. The van der Waals surface area contributed by atoms with Gasteiger partial charge in [0.1, 0.15) is 23.3 Å². The zero-order valence-electron chi connectivity index (χ0n) is 18.4. The molecule has 2 heterocycles. The summed E-state index contributed by atoms with van der Waals surface area (Å²) in [4.78, 5) is 10.2. The van der Waals surface area contributed by atoms with E-state index in [2.05, 4.69) is 20.6 Å². The number of aromatic nitrogens is 2. The predicted molar refractivity (Wildman–Crippen MR) is 134 cm³/mol. The summed E-state index contributed by atoms with van der Waals surface area (Å²) in [5, 5.41) is 6.51. The van der Waals surface area contributed by atoms with Crippen LogP contribution in [0.15, 0.2) is 53.8 Å². The van der Waals surface area contributed by atoms with Crippen LogP contribution in [0, 0.1) is 24.4 Å². The molecule has 3 aromatic rings. The first-order chi connectivity index (χ1) is 15.4. The third-order valence-electron chi connectivity index (χ3n) is 5.56. The number of anilines is 1. The Hall–Kier alpha value is -2.76. The largest absolute Gasteiger partial charge is 0.367 e. The molecule has 1 saturated heterocycles. The SMILES string of the molecule is CN=C(NCc1ccc(-n2ccnc2C)c(F)c1)NC1CCN(c2ccc(F)cc2F)C1.I. The van der Waals surface area contributed by atoms with Gasteiger partial charge in [0.2, 0.25) is 0 Å². The van der Waals surface area contributed by atoms with Gasteiger partial charge < -0.3 is 20.1 Å². The molecule has 0 amide bonds. The quantitative estimate of drug-likeness (QED) is 0.275. The highest BCUT2D eigenvalue weighted by Crippen LogP contribution is 2.24. The molecule has 0 radical (unpaired) electrons. The van der Waals surface area contributed by atoms with Crippen LogP contribution in [0.2, 0.25) is 0 Å². The molecule has 0 saturated carbocycles. The molecule has 176 valence electrons. The summed E-state index contributed by atoms with van der Waals surface area (Å²) in [5.74, 6) is -0.197. The number of guanidine groups is 1. The minimum Gasteiger partial charge on any atom is -0.367 e. The van der Waals surface area contributed by atoms with E-state index < -0.39 is 11.6 Å². The van der Waals surface area contributed by atoms with Gasteiger partial charge in [-0.2, -0.15) is 0 Å². The number of benzene rings is 2. The van der Waals surface area contributed by atoms with Crippen molar-refractivity contribution in [1.29, 1.82) is 0 Å². The Morgan fingerprint density at radius 1 is 1.12 bits per heavy atom. The van der Waals surface area contributed by atoms with E-state index in [9.17, 15) is 13.2 Å². The number of nitrogens with one attached hydrogen (secondary N) is 2. The van der Waals surface area contributed by atoms with Crippen LogP contribution in [-0.4, -0.2) is 41.7 Å². The van der Waals surface area contributed by atoms with Gasteiger partial charge in [-0.25, -0.2) is 18.2 Å². The molecule has 0 spiro atoms. The van der Waals surface area contributed by atoms with Gasteiger partial charge in [-0.3, -0.25) is 4.99 Å². The number of hydrogen-bond acceptors (Lipinski definition) is 3. The zero-order chi connectivity index (χ0) is 22.7. The van der Waals surface area contributed by atoms with Crippen molar-refractivity contribution in [1.82, 2.24) is 20.2 Å². The molecule has 1 fully saturated rings. The molecule has 1 aromatic heterocycles. The van der Waals surface area contributed by atoms with Crippen LogP contribution in [0.3, 0.4) is 0 Å². The first-order valence-corrected chi connectivity index (χ1v) is 10.4. The summed E-state index contributed by atoms with van der Waals surface area (Å²) in [7, 11) is 1.66. The van der Waals surface area contributed by atoms with E-state index in [4.69, 9.17) is 0 Å². The van der Waals surface area contributed by atoms with Crippen molar-refractivity contribution in [3.63, 3.8) is 0 Å². The van der Waals surface area contributed by atoms with E-state index >= 15 is 0 Å². The summed E-state index contributed by atoms with van der Waals surface area (Å²) >= 11 is 0. The molecule has 1 atom stereocenters. The number of imidazole rings is 1. The van der Waals surface area contributed by atoms with E-state index in [1.54, 1.807) is 30.1 Å². The Morgan fingerprint density at radius 2 is 1.88 bits per heavy atom. The third kappa shape index (κ3) is 5.79. The number of aliphatic imine (C=N–C) groups is 1. The molecule has 0 bridgehead atoms. The van der Waals surface area contributed by atoms with Crippen molar-refractivity contribution < 1.29 is 13.2 Å². The van der Waals surface area contributed by atoms with Gasteiger partial charge >= 0.3 is 0 Å². The lowest BCUT2D eigenvalue weighted by Gasteiger charge is -2.21. The van der Waals surface area contributed by atoms with Crippen molar-refractivity contribution in [3.05, 3.63) is 77.6 Å².